The maximum atomic E-state index is 13.5. The molecule has 3 aromatic carbocycles. The van der Waals surface area contributed by atoms with Crippen molar-refractivity contribution in [1.29, 1.82) is 0 Å². The van der Waals surface area contributed by atoms with Gasteiger partial charge in [0.15, 0.2) is 5.78 Å². The quantitative estimate of drug-likeness (QED) is 0.463. The number of carbonyl (C=O) groups excluding carboxylic acids is 1. The number of rotatable bonds is 11. The number of benzene rings is 3. The molecule has 3 rings (SSSR count). The zero-order valence-electron chi connectivity index (χ0n) is 18.5. The number of aliphatic hydroxyl groups excluding tert-OH is 1. The number of carbonyl (C=O) groups is 1. The average Bonchev–Trinajstić information content (AvgIpc) is 2.79. The van der Waals surface area contributed by atoms with Crippen LogP contribution in [0.1, 0.15) is 37.0 Å². The van der Waals surface area contributed by atoms with Gasteiger partial charge < -0.3 is 5.11 Å². The Balaban J connectivity index is 1.92. The van der Waals surface area contributed by atoms with Gasteiger partial charge in [-0.25, -0.2) is 0 Å². The van der Waals surface area contributed by atoms with Crippen molar-refractivity contribution >= 4 is 5.78 Å². The van der Waals surface area contributed by atoms with E-state index in [0.717, 1.165) is 5.56 Å². The molecule has 0 aliphatic carbocycles. The molecule has 0 bridgehead atoms. The second-order valence-electron chi connectivity index (χ2n) is 8.56. The zero-order valence-corrected chi connectivity index (χ0v) is 18.5. The summed E-state index contributed by atoms with van der Waals surface area (Å²) in [6, 6.07) is 30.4. The molecule has 0 aromatic heterocycles. The predicted octanol–water partition coefficient (Wildman–Crippen LogP) is 5.28. The zero-order chi connectivity index (χ0) is 22.1. The lowest BCUT2D eigenvalue weighted by Gasteiger charge is -2.32. The third-order valence-corrected chi connectivity index (χ3v) is 5.72. The monoisotopic (exact) mass is 415 g/mol. The minimum absolute atomic E-state index is 0.0537. The maximum Gasteiger partial charge on any atom is 0.152 e. The Morgan fingerprint density at radius 3 is 1.58 bits per heavy atom. The van der Waals surface area contributed by atoms with Crippen LogP contribution in [0.3, 0.4) is 0 Å². The van der Waals surface area contributed by atoms with Crippen LogP contribution in [-0.4, -0.2) is 27.9 Å². The van der Waals surface area contributed by atoms with E-state index in [1.165, 1.54) is 11.1 Å². The Kier molecular flexibility index (Phi) is 8.57. The fourth-order valence-corrected chi connectivity index (χ4v) is 3.77. The number of nitrogens with zero attached hydrogens (tertiary/aromatic N) is 1. The average molecular weight is 416 g/mol. The number of aliphatic hydroxyl groups is 1. The lowest BCUT2D eigenvalue weighted by atomic mass is 9.93. The van der Waals surface area contributed by atoms with Gasteiger partial charge in [0.25, 0.3) is 0 Å². The second kappa shape index (κ2) is 11.6. The molecule has 0 radical (unpaired) electrons. The molecule has 0 spiro atoms. The van der Waals surface area contributed by atoms with Gasteiger partial charge in [-0.1, -0.05) is 105 Å². The second-order valence-corrected chi connectivity index (χ2v) is 8.56. The van der Waals surface area contributed by atoms with Gasteiger partial charge in [0.05, 0.1) is 12.1 Å². The topological polar surface area (TPSA) is 40.5 Å². The first-order valence-electron chi connectivity index (χ1n) is 11.1. The fourth-order valence-electron chi connectivity index (χ4n) is 3.77. The van der Waals surface area contributed by atoms with E-state index < -0.39 is 6.10 Å². The first-order chi connectivity index (χ1) is 15.0. The minimum atomic E-state index is -0.624. The molecule has 0 amide bonds. The van der Waals surface area contributed by atoms with Gasteiger partial charge in [0.1, 0.15) is 0 Å². The van der Waals surface area contributed by atoms with Crippen LogP contribution in [0, 0.1) is 5.92 Å². The van der Waals surface area contributed by atoms with E-state index in [1.807, 2.05) is 68.4 Å². The van der Waals surface area contributed by atoms with E-state index in [-0.39, 0.29) is 24.2 Å². The lowest BCUT2D eigenvalue weighted by Crippen LogP contribution is -2.43. The SMILES string of the molecule is CC(C)[C@H](O)CC(=O)[C@H](Cc1ccccc1)N(Cc1ccccc1)Cc1ccccc1. The minimum Gasteiger partial charge on any atom is -0.392 e. The molecule has 0 saturated carbocycles. The molecular formula is C28H33NO2. The Hall–Kier alpha value is -2.75. The Morgan fingerprint density at radius 2 is 1.16 bits per heavy atom. The molecule has 2 atom stereocenters. The molecule has 0 aliphatic rings. The number of hydrogen-bond acceptors (Lipinski definition) is 3. The molecule has 0 heterocycles. The Morgan fingerprint density at radius 1 is 0.742 bits per heavy atom. The fraction of sp³-hybridized carbons (Fsp3) is 0.321. The number of hydrogen-bond donors (Lipinski definition) is 1. The molecule has 3 heteroatoms. The molecule has 3 aromatic rings. The summed E-state index contributed by atoms with van der Waals surface area (Å²) >= 11 is 0. The standard InChI is InChI=1S/C28H33NO2/c1-22(2)27(30)19-28(31)26(18-23-12-6-3-7-13-23)29(20-24-14-8-4-9-15-24)21-25-16-10-5-11-17-25/h3-17,22,26-27,30H,18-21H2,1-2H3/t26-,27+/m0/s1. The first-order valence-corrected chi connectivity index (χ1v) is 11.1. The summed E-state index contributed by atoms with van der Waals surface area (Å²) in [7, 11) is 0. The van der Waals surface area contributed by atoms with Crippen LogP contribution in [0.25, 0.3) is 0 Å². The van der Waals surface area contributed by atoms with E-state index in [0.29, 0.717) is 19.5 Å². The van der Waals surface area contributed by atoms with Crippen LogP contribution in [0.4, 0.5) is 0 Å². The van der Waals surface area contributed by atoms with Gasteiger partial charge in [0, 0.05) is 19.5 Å². The van der Waals surface area contributed by atoms with E-state index >= 15 is 0 Å². The van der Waals surface area contributed by atoms with Gasteiger partial charge in [-0.2, -0.15) is 0 Å². The molecule has 0 fully saturated rings. The first kappa shape index (κ1) is 22.9. The molecule has 3 nitrogen and oxygen atoms in total. The summed E-state index contributed by atoms with van der Waals surface area (Å²) in [6.45, 7) is 5.26. The van der Waals surface area contributed by atoms with Gasteiger partial charge in [0.2, 0.25) is 0 Å². The summed E-state index contributed by atoms with van der Waals surface area (Å²) < 4.78 is 0. The van der Waals surface area contributed by atoms with Gasteiger partial charge in [-0.15, -0.1) is 0 Å². The highest BCUT2D eigenvalue weighted by molar-refractivity contribution is 5.84. The van der Waals surface area contributed by atoms with Crippen LogP contribution >= 0.6 is 0 Å². The van der Waals surface area contributed by atoms with Crippen molar-refractivity contribution in [3.05, 3.63) is 108 Å². The van der Waals surface area contributed by atoms with Crippen LogP contribution in [0.2, 0.25) is 0 Å². The third-order valence-electron chi connectivity index (χ3n) is 5.72. The highest BCUT2D eigenvalue weighted by Crippen LogP contribution is 2.20. The summed E-state index contributed by atoms with van der Waals surface area (Å²) in [6.07, 6.45) is 0.181. The van der Waals surface area contributed by atoms with E-state index in [4.69, 9.17) is 0 Å². The summed E-state index contributed by atoms with van der Waals surface area (Å²) in [4.78, 5) is 15.7. The van der Waals surface area contributed by atoms with Crippen molar-refractivity contribution in [3.63, 3.8) is 0 Å². The van der Waals surface area contributed by atoms with Crippen LogP contribution in [0.15, 0.2) is 91.0 Å². The summed E-state index contributed by atoms with van der Waals surface area (Å²) in [5.74, 6) is 0.148. The van der Waals surface area contributed by atoms with Gasteiger partial charge in [-0.05, 0) is 29.0 Å². The van der Waals surface area contributed by atoms with Crippen molar-refractivity contribution in [3.8, 4) is 0 Å². The Bertz CT molecular complexity index is 868. The van der Waals surface area contributed by atoms with Crippen molar-refractivity contribution < 1.29 is 9.90 Å². The van der Waals surface area contributed by atoms with Crippen LogP contribution in [-0.2, 0) is 24.3 Å². The van der Waals surface area contributed by atoms with Crippen molar-refractivity contribution in [2.24, 2.45) is 5.92 Å². The van der Waals surface area contributed by atoms with E-state index in [2.05, 4.69) is 41.3 Å². The highest BCUT2D eigenvalue weighted by atomic mass is 16.3. The maximum absolute atomic E-state index is 13.5. The number of Topliss-reactive ketones (excluding diaryl/α,β-unsaturated/α-hetero) is 1. The lowest BCUT2D eigenvalue weighted by molar-refractivity contribution is -0.127. The van der Waals surface area contributed by atoms with Gasteiger partial charge >= 0.3 is 0 Å². The molecular weight excluding hydrogens is 382 g/mol. The molecule has 0 aliphatic heterocycles. The predicted molar refractivity (Wildman–Crippen MR) is 127 cm³/mol. The van der Waals surface area contributed by atoms with Crippen molar-refractivity contribution in [2.45, 2.75) is 51.9 Å². The summed E-state index contributed by atoms with van der Waals surface area (Å²) in [5, 5.41) is 10.4. The van der Waals surface area contributed by atoms with E-state index in [1.54, 1.807) is 0 Å². The smallest absolute Gasteiger partial charge is 0.152 e. The molecule has 162 valence electrons. The van der Waals surface area contributed by atoms with Crippen LogP contribution in [0.5, 0.6) is 0 Å². The molecule has 31 heavy (non-hydrogen) atoms. The van der Waals surface area contributed by atoms with Gasteiger partial charge in [-0.3, -0.25) is 9.69 Å². The Labute approximate surface area is 186 Å². The molecule has 0 saturated heterocycles. The van der Waals surface area contributed by atoms with Crippen molar-refractivity contribution in [1.82, 2.24) is 4.90 Å². The molecule has 1 N–H and O–H groups in total. The van der Waals surface area contributed by atoms with Crippen molar-refractivity contribution in [2.75, 3.05) is 0 Å². The summed E-state index contributed by atoms with van der Waals surface area (Å²) in [5.41, 5.74) is 3.48. The van der Waals surface area contributed by atoms with Crippen LogP contribution < -0.4 is 0 Å². The number of ketones is 1. The highest BCUT2D eigenvalue weighted by Gasteiger charge is 2.28. The third kappa shape index (κ3) is 7.16. The molecule has 0 unspecified atom stereocenters. The van der Waals surface area contributed by atoms with E-state index in [9.17, 15) is 9.90 Å². The largest absolute Gasteiger partial charge is 0.392 e. The normalized spacial score (nSPS) is 13.3.